The molecule has 0 aromatic heterocycles. The van der Waals surface area contributed by atoms with Crippen molar-refractivity contribution in [2.24, 2.45) is 0 Å². The van der Waals surface area contributed by atoms with Gasteiger partial charge in [-0.15, -0.1) is 0 Å². The summed E-state index contributed by atoms with van der Waals surface area (Å²) in [5.74, 6) is -1.03. The fraction of sp³-hybridized carbons (Fsp3) is 0.571. The van der Waals surface area contributed by atoms with Gasteiger partial charge in [0.05, 0.1) is 6.26 Å². The molecule has 21 heavy (non-hydrogen) atoms. The molecular weight excluding hydrogens is 298 g/mol. The maximum atomic E-state index is 13.8. The van der Waals surface area contributed by atoms with Gasteiger partial charge in [0.1, 0.15) is 11.6 Å². The number of sulfonamides is 1. The summed E-state index contributed by atoms with van der Waals surface area (Å²) in [5.41, 5.74) is 1.31. The topological polar surface area (TPSA) is 49.4 Å². The SMILES string of the molecule is CS(=O)(=O)N[C@@H]1CCN([C@@H]2CCc3c(F)cc(F)cc32)C1. The molecule has 3 rings (SSSR count). The summed E-state index contributed by atoms with van der Waals surface area (Å²) in [5, 5.41) is 0. The van der Waals surface area contributed by atoms with E-state index in [1.165, 1.54) is 6.07 Å². The van der Waals surface area contributed by atoms with Crippen LogP contribution in [0.3, 0.4) is 0 Å². The maximum Gasteiger partial charge on any atom is 0.208 e. The van der Waals surface area contributed by atoms with Crippen LogP contribution < -0.4 is 4.72 Å². The Hall–Kier alpha value is -1.05. The molecule has 1 N–H and O–H groups in total. The Kier molecular flexibility index (Phi) is 3.75. The third-order valence-corrected chi connectivity index (χ3v) is 5.02. The zero-order valence-corrected chi connectivity index (χ0v) is 12.6. The first-order chi connectivity index (χ1) is 9.83. The predicted molar refractivity (Wildman–Crippen MR) is 75.4 cm³/mol. The molecule has 2 atom stereocenters. The highest BCUT2D eigenvalue weighted by atomic mass is 32.2. The van der Waals surface area contributed by atoms with Gasteiger partial charge in [0.15, 0.2) is 0 Å². The first-order valence-electron chi connectivity index (χ1n) is 7.02. The highest BCUT2D eigenvalue weighted by Gasteiger charge is 2.35. The second-order valence-electron chi connectivity index (χ2n) is 5.88. The number of hydrogen-bond donors (Lipinski definition) is 1. The Morgan fingerprint density at radius 1 is 1.29 bits per heavy atom. The first-order valence-corrected chi connectivity index (χ1v) is 8.92. The van der Waals surface area contributed by atoms with E-state index in [2.05, 4.69) is 9.62 Å². The summed E-state index contributed by atoms with van der Waals surface area (Å²) in [6.45, 7) is 1.31. The molecule has 1 aliphatic heterocycles. The number of benzene rings is 1. The molecule has 116 valence electrons. The average molecular weight is 316 g/mol. The van der Waals surface area contributed by atoms with E-state index in [1.807, 2.05) is 0 Å². The van der Waals surface area contributed by atoms with Crippen molar-refractivity contribution in [3.8, 4) is 0 Å². The molecule has 0 radical (unpaired) electrons. The van der Waals surface area contributed by atoms with Crippen LogP contribution in [0, 0.1) is 11.6 Å². The third-order valence-electron chi connectivity index (χ3n) is 4.26. The van der Waals surface area contributed by atoms with Gasteiger partial charge >= 0.3 is 0 Å². The van der Waals surface area contributed by atoms with Gasteiger partial charge < -0.3 is 0 Å². The zero-order chi connectivity index (χ0) is 15.2. The number of nitrogens with zero attached hydrogens (tertiary/aromatic N) is 1. The van der Waals surface area contributed by atoms with Gasteiger partial charge in [0.25, 0.3) is 0 Å². The van der Waals surface area contributed by atoms with Gasteiger partial charge in [-0.2, -0.15) is 0 Å². The van der Waals surface area contributed by atoms with Gasteiger partial charge in [-0.25, -0.2) is 21.9 Å². The highest BCUT2D eigenvalue weighted by Crippen LogP contribution is 2.39. The first kappa shape index (κ1) is 14.9. The molecule has 1 heterocycles. The molecule has 0 unspecified atom stereocenters. The van der Waals surface area contributed by atoms with Crippen LogP contribution in [0.15, 0.2) is 12.1 Å². The minimum absolute atomic E-state index is 0.0171. The van der Waals surface area contributed by atoms with Crippen molar-refractivity contribution in [2.75, 3.05) is 19.3 Å². The van der Waals surface area contributed by atoms with E-state index in [1.54, 1.807) is 0 Å². The molecule has 7 heteroatoms. The normalized spacial score (nSPS) is 26.2. The molecule has 1 aliphatic carbocycles. The molecule has 0 amide bonds. The minimum Gasteiger partial charge on any atom is -0.295 e. The standard InChI is InChI=1S/C14H18F2N2O2S/c1-21(19,20)17-10-4-5-18(8-10)14-3-2-11-12(14)6-9(15)7-13(11)16/h6-7,10,14,17H,2-5,8H2,1H3/t10-,14-/m1/s1. The Balaban J connectivity index is 1.77. The zero-order valence-electron chi connectivity index (χ0n) is 11.8. The highest BCUT2D eigenvalue weighted by molar-refractivity contribution is 7.88. The molecule has 2 aliphatic rings. The number of halogens is 2. The summed E-state index contributed by atoms with van der Waals surface area (Å²) < 4.78 is 52.3. The molecule has 0 bridgehead atoms. The monoisotopic (exact) mass is 316 g/mol. The van der Waals surface area contributed by atoms with E-state index in [9.17, 15) is 17.2 Å². The summed E-state index contributed by atoms with van der Waals surface area (Å²) in [4.78, 5) is 2.12. The van der Waals surface area contributed by atoms with Gasteiger partial charge in [-0.05, 0) is 36.5 Å². The molecule has 0 spiro atoms. The van der Waals surface area contributed by atoms with E-state index in [0.29, 0.717) is 24.1 Å². The number of hydrogen-bond acceptors (Lipinski definition) is 3. The lowest BCUT2D eigenvalue weighted by molar-refractivity contribution is 0.240. The van der Waals surface area contributed by atoms with E-state index >= 15 is 0 Å². The van der Waals surface area contributed by atoms with Crippen molar-refractivity contribution in [2.45, 2.75) is 31.3 Å². The summed E-state index contributed by atoms with van der Waals surface area (Å²) in [7, 11) is -3.23. The summed E-state index contributed by atoms with van der Waals surface area (Å²) in [6.07, 6.45) is 3.22. The largest absolute Gasteiger partial charge is 0.295 e. The fourth-order valence-corrected chi connectivity index (χ4v) is 4.27. The second kappa shape index (κ2) is 5.30. The van der Waals surface area contributed by atoms with Crippen LogP contribution >= 0.6 is 0 Å². The second-order valence-corrected chi connectivity index (χ2v) is 7.66. The smallest absolute Gasteiger partial charge is 0.208 e. The van der Waals surface area contributed by atoms with Crippen molar-refractivity contribution >= 4 is 10.0 Å². The Morgan fingerprint density at radius 2 is 2.05 bits per heavy atom. The molecule has 1 fully saturated rings. The Labute approximate surface area is 123 Å². The van der Waals surface area contributed by atoms with Crippen LogP contribution in [-0.4, -0.2) is 38.7 Å². The van der Waals surface area contributed by atoms with Gasteiger partial charge in [-0.3, -0.25) is 4.90 Å². The third kappa shape index (κ3) is 3.09. The molecule has 1 aromatic carbocycles. The van der Waals surface area contributed by atoms with Gasteiger partial charge in [0, 0.05) is 31.2 Å². The van der Waals surface area contributed by atoms with Crippen LogP contribution in [0.4, 0.5) is 8.78 Å². The van der Waals surface area contributed by atoms with Crippen LogP contribution in [0.25, 0.3) is 0 Å². The van der Waals surface area contributed by atoms with Crippen LogP contribution in [0.2, 0.25) is 0 Å². The lowest BCUT2D eigenvalue weighted by Gasteiger charge is -2.25. The van der Waals surface area contributed by atoms with E-state index in [4.69, 9.17) is 0 Å². The van der Waals surface area contributed by atoms with E-state index in [-0.39, 0.29) is 12.1 Å². The summed E-state index contributed by atoms with van der Waals surface area (Å²) in [6, 6.07) is 2.20. The Bertz CT molecular complexity index is 663. The lowest BCUT2D eigenvalue weighted by atomic mass is 10.1. The maximum absolute atomic E-state index is 13.8. The fourth-order valence-electron chi connectivity index (χ4n) is 3.47. The van der Waals surface area contributed by atoms with E-state index in [0.717, 1.165) is 31.7 Å². The predicted octanol–water partition coefficient (Wildman–Crippen LogP) is 1.58. The van der Waals surface area contributed by atoms with Crippen molar-refractivity contribution in [1.82, 2.24) is 9.62 Å². The van der Waals surface area contributed by atoms with Crippen molar-refractivity contribution in [3.63, 3.8) is 0 Å². The number of rotatable bonds is 3. The van der Waals surface area contributed by atoms with Gasteiger partial charge in [0.2, 0.25) is 10.0 Å². The van der Waals surface area contributed by atoms with Crippen molar-refractivity contribution in [1.29, 1.82) is 0 Å². The average Bonchev–Trinajstić information content (AvgIpc) is 2.93. The van der Waals surface area contributed by atoms with E-state index < -0.39 is 21.7 Å². The quantitative estimate of drug-likeness (QED) is 0.921. The van der Waals surface area contributed by atoms with Crippen LogP contribution in [0.5, 0.6) is 0 Å². The molecule has 1 saturated heterocycles. The molecular formula is C14H18F2N2O2S. The van der Waals surface area contributed by atoms with Crippen molar-refractivity contribution in [3.05, 3.63) is 34.9 Å². The van der Waals surface area contributed by atoms with Crippen LogP contribution in [0.1, 0.15) is 30.0 Å². The molecule has 4 nitrogen and oxygen atoms in total. The van der Waals surface area contributed by atoms with Gasteiger partial charge in [-0.1, -0.05) is 0 Å². The van der Waals surface area contributed by atoms with Crippen molar-refractivity contribution < 1.29 is 17.2 Å². The summed E-state index contributed by atoms with van der Waals surface area (Å²) >= 11 is 0. The number of fused-ring (bicyclic) bond motifs is 1. The van der Waals surface area contributed by atoms with Crippen LogP contribution in [-0.2, 0) is 16.4 Å². The molecule has 1 aromatic rings. The Morgan fingerprint density at radius 3 is 2.76 bits per heavy atom. The number of likely N-dealkylation sites (tertiary alicyclic amines) is 1. The molecule has 0 saturated carbocycles. The lowest BCUT2D eigenvalue weighted by Crippen LogP contribution is -2.36. The number of nitrogens with one attached hydrogen (secondary N) is 1. The minimum atomic E-state index is -3.23.